The fraction of sp³-hybridized carbons (Fsp3) is 1.00. The van der Waals surface area contributed by atoms with Crippen molar-refractivity contribution >= 4 is 0 Å². The third-order valence-electron chi connectivity index (χ3n) is 3.95. The van der Waals surface area contributed by atoms with Crippen molar-refractivity contribution in [2.24, 2.45) is 0 Å². The molecular formula is C15H32N2. The van der Waals surface area contributed by atoms with Crippen molar-refractivity contribution in [3.8, 4) is 0 Å². The maximum absolute atomic E-state index is 3.66. The SMILES string of the molecule is CCCCC(CCC)N1CCNC(CCC)C1. The van der Waals surface area contributed by atoms with Gasteiger partial charge in [-0.05, 0) is 19.3 Å². The van der Waals surface area contributed by atoms with Crippen molar-refractivity contribution in [3.63, 3.8) is 0 Å². The van der Waals surface area contributed by atoms with Gasteiger partial charge in [0.05, 0.1) is 0 Å². The highest BCUT2D eigenvalue weighted by atomic mass is 15.2. The lowest BCUT2D eigenvalue weighted by Crippen LogP contribution is -2.53. The largest absolute Gasteiger partial charge is 0.311 e. The van der Waals surface area contributed by atoms with E-state index in [0.29, 0.717) is 0 Å². The quantitative estimate of drug-likeness (QED) is 0.699. The summed E-state index contributed by atoms with van der Waals surface area (Å²) in [6, 6.07) is 1.59. The highest BCUT2D eigenvalue weighted by Gasteiger charge is 2.23. The van der Waals surface area contributed by atoms with Crippen LogP contribution in [0.15, 0.2) is 0 Å². The van der Waals surface area contributed by atoms with Crippen LogP contribution in [0.3, 0.4) is 0 Å². The number of piperazine rings is 1. The highest BCUT2D eigenvalue weighted by molar-refractivity contribution is 4.82. The van der Waals surface area contributed by atoms with Gasteiger partial charge in [-0.1, -0.05) is 46.5 Å². The second kappa shape index (κ2) is 8.93. The van der Waals surface area contributed by atoms with Crippen molar-refractivity contribution in [3.05, 3.63) is 0 Å². The van der Waals surface area contributed by atoms with E-state index in [1.165, 1.54) is 64.6 Å². The molecule has 2 heteroatoms. The number of unbranched alkanes of at least 4 members (excludes halogenated alkanes) is 1. The predicted octanol–water partition coefficient (Wildman–Crippen LogP) is 3.42. The second-order valence-corrected chi connectivity index (χ2v) is 5.52. The van der Waals surface area contributed by atoms with Crippen LogP contribution in [-0.4, -0.2) is 36.6 Å². The Labute approximate surface area is 108 Å². The third kappa shape index (κ3) is 5.39. The average molecular weight is 240 g/mol. The van der Waals surface area contributed by atoms with Crippen LogP contribution in [0.2, 0.25) is 0 Å². The lowest BCUT2D eigenvalue weighted by Gasteiger charge is -2.39. The summed E-state index contributed by atoms with van der Waals surface area (Å²) in [5, 5.41) is 3.66. The van der Waals surface area contributed by atoms with Crippen LogP contribution in [0, 0.1) is 0 Å². The molecule has 0 aliphatic carbocycles. The molecule has 0 aromatic rings. The van der Waals surface area contributed by atoms with Crippen LogP contribution in [0.4, 0.5) is 0 Å². The van der Waals surface area contributed by atoms with Crippen LogP contribution < -0.4 is 5.32 Å². The van der Waals surface area contributed by atoms with Gasteiger partial charge in [0.2, 0.25) is 0 Å². The molecule has 0 bridgehead atoms. The second-order valence-electron chi connectivity index (χ2n) is 5.52. The molecule has 1 aliphatic heterocycles. The van der Waals surface area contributed by atoms with Gasteiger partial charge in [0.15, 0.2) is 0 Å². The van der Waals surface area contributed by atoms with Gasteiger partial charge in [-0.25, -0.2) is 0 Å². The fourth-order valence-corrected chi connectivity index (χ4v) is 3.01. The fourth-order valence-electron chi connectivity index (χ4n) is 3.01. The molecular weight excluding hydrogens is 208 g/mol. The molecule has 17 heavy (non-hydrogen) atoms. The molecule has 0 aromatic heterocycles. The van der Waals surface area contributed by atoms with E-state index >= 15 is 0 Å². The van der Waals surface area contributed by atoms with E-state index in [-0.39, 0.29) is 0 Å². The topological polar surface area (TPSA) is 15.3 Å². The first-order valence-corrected chi connectivity index (χ1v) is 7.79. The van der Waals surface area contributed by atoms with Crippen molar-refractivity contribution in [2.45, 2.75) is 77.8 Å². The van der Waals surface area contributed by atoms with E-state index in [2.05, 4.69) is 31.0 Å². The van der Waals surface area contributed by atoms with Crippen LogP contribution in [0.1, 0.15) is 65.7 Å². The van der Waals surface area contributed by atoms with Gasteiger partial charge >= 0.3 is 0 Å². The minimum Gasteiger partial charge on any atom is -0.311 e. The Morgan fingerprint density at radius 2 is 1.94 bits per heavy atom. The van der Waals surface area contributed by atoms with Gasteiger partial charge < -0.3 is 5.32 Å². The summed E-state index contributed by atoms with van der Waals surface area (Å²) in [4.78, 5) is 2.76. The Hall–Kier alpha value is -0.0800. The molecule has 0 amide bonds. The summed E-state index contributed by atoms with van der Waals surface area (Å²) in [7, 11) is 0. The van der Waals surface area contributed by atoms with E-state index in [0.717, 1.165) is 12.1 Å². The van der Waals surface area contributed by atoms with E-state index in [9.17, 15) is 0 Å². The summed E-state index contributed by atoms with van der Waals surface area (Å²) >= 11 is 0. The van der Waals surface area contributed by atoms with E-state index in [1.54, 1.807) is 0 Å². The van der Waals surface area contributed by atoms with Gasteiger partial charge in [0.1, 0.15) is 0 Å². The first-order valence-electron chi connectivity index (χ1n) is 7.79. The number of nitrogens with one attached hydrogen (secondary N) is 1. The molecule has 102 valence electrons. The normalized spacial score (nSPS) is 23.8. The zero-order chi connectivity index (χ0) is 12.5. The summed E-state index contributed by atoms with van der Waals surface area (Å²) in [5.74, 6) is 0. The first kappa shape index (κ1) is 15.0. The minimum atomic E-state index is 0.745. The lowest BCUT2D eigenvalue weighted by atomic mass is 10.0. The highest BCUT2D eigenvalue weighted by Crippen LogP contribution is 2.17. The Balaban J connectivity index is 2.41. The van der Waals surface area contributed by atoms with Crippen molar-refractivity contribution in [1.82, 2.24) is 10.2 Å². The smallest absolute Gasteiger partial charge is 0.0195 e. The molecule has 2 nitrogen and oxygen atoms in total. The van der Waals surface area contributed by atoms with Crippen molar-refractivity contribution in [2.75, 3.05) is 19.6 Å². The molecule has 1 saturated heterocycles. The number of rotatable bonds is 8. The van der Waals surface area contributed by atoms with E-state index in [1.807, 2.05) is 0 Å². The maximum atomic E-state index is 3.66. The van der Waals surface area contributed by atoms with Crippen molar-refractivity contribution in [1.29, 1.82) is 0 Å². The zero-order valence-electron chi connectivity index (χ0n) is 12.2. The minimum absolute atomic E-state index is 0.745. The molecule has 2 unspecified atom stereocenters. The molecule has 1 aliphatic rings. The van der Waals surface area contributed by atoms with Gasteiger partial charge in [-0.2, -0.15) is 0 Å². The average Bonchev–Trinajstić information content (AvgIpc) is 2.35. The summed E-state index contributed by atoms with van der Waals surface area (Å²) in [5.41, 5.74) is 0. The Kier molecular flexibility index (Phi) is 7.87. The van der Waals surface area contributed by atoms with Crippen LogP contribution in [0.5, 0.6) is 0 Å². The van der Waals surface area contributed by atoms with Crippen LogP contribution in [0.25, 0.3) is 0 Å². The Morgan fingerprint density at radius 1 is 1.12 bits per heavy atom. The molecule has 0 radical (unpaired) electrons. The first-order chi connectivity index (χ1) is 8.31. The number of nitrogens with zero attached hydrogens (tertiary/aromatic N) is 1. The number of hydrogen-bond acceptors (Lipinski definition) is 2. The van der Waals surface area contributed by atoms with Gasteiger partial charge in [0, 0.05) is 31.7 Å². The lowest BCUT2D eigenvalue weighted by molar-refractivity contribution is 0.124. The van der Waals surface area contributed by atoms with Gasteiger partial charge in [-0.15, -0.1) is 0 Å². The molecule has 1 heterocycles. The van der Waals surface area contributed by atoms with E-state index in [4.69, 9.17) is 0 Å². The molecule has 0 spiro atoms. The molecule has 0 saturated carbocycles. The molecule has 1 rings (SSSR count). The Bertz CT molecular complexity index is 180. The monoisotopic (exact) mass is 240 g/mol. The zero-order valence-corrected chi connectivity index (χ0v) is 12.2. The Morgan fingerprint density at radius 3 is 2.59 bits per heavy atom. The molecule has 2 atom stereocenters. The van der Waals surface area contributed by atoms with E-state index < -0.39 is 0 Å². The van der Waals surface area contributed by atoms with Gasteiger partial charge in [0.25, 0.3) is 0 Å². The van der Waals surface area contributed by atoms with Crippen LogP contribution in [-0.2, 0) is 0 Å². The predicted molar refractivity (Wildman–Crippen MR) is 76.5 cm³/mol. The van der Waals surface area contributed by atoms with Gasteiger partial charge in [-0.3, -0.25) is 4.90 Å². The summed E-state index contributed by atoms with van der Waals surface area (Å²) in [6.45, 7) is 10.7. The maximum Gasteiger partial charge on any atom is 0.0195 e. The molecule has 1 fully saturated rings. The summed E-state index contributed by atoms with van der Waals surface area (Å²) < 4.78 is 0. The van der Waals surface area contributed by atoms with Crippen molar-refractivity contribution < 1.29 is 0 Å². The third-order valence-corrected chi connectivity index (χ3v) is 3.95. The number of hydrogen-bond donors (Lipinski definition) is 1. The molecule has 1 N–H and O–H groups in total. The molecule has 0 aromatic carbocycles. The summed E-state index contributed by atoms with van der Waals surface area (Å²) in [6.07, 6.45) is 9.50. The van der Waals surface area contributed by atoms with Crippen LogP contribution >= 0.6 is 0 Å². The standard InChI is InChI=1S/C15H32N2/c1-4-7-10-15(9-6-3)17-12-11-16-14(13-17)8-5-2/h14-16H,4-13H2,1-3H3.